The second-order valence-corrected chi connectivity index (χ2v) is 11.1. The molecule has 186 valence electrons. The lowest BCUT2D eigenvalue weighted by Gasteiger charge is -2.22. The third-order valence-corrected chi connectivity index (χ3v) is 8.55. The van der Waals surface area contributed by atoms with Gasteiger partial charge in [0.2, 0.25) is 0 Å². The molecule has 35 heavy (non-hydrogen) atoms. The Morgan fingerprint density at radius 2 is 1.60 bits per heavy atom. The second-order valence-electron chi connectivity index (χ2n) is 8.79. The maximum absolute atomic E-state index is 13.4. The highest BCUT2D eigenvalue weighted by molar-refractivity contribution is 7.94. The molecule has 4 rings (SSSR count). The fourth-order valence-corrected chi connectivity index (χ4v) is 5.64. The summed E-state index contributed by atoms with van der Waals surface area (Å²) in [7, 11) is 1.45. The standard InChI is InChI=1S/C26H29ClFN3O3S/c1-29-14-12-20-16-25(26(34-3)17-21(20)13-15-29)31(27)35(32,33)24-10-4-19(5-11-24)18-30(2)23-8-6-22(28)7-9-23/h4-11,16-17H,12-15,18H2,1-3H3. The van der Waals surface area contributed by atoms with Crippen molar-refractivity contribution in [3.05, 3.63) is 83.2 Å². The van der Waals surface area contributed by atoms with Crippen LogP contribution in [0.5, 0.6) is 5.75 Å². The fourth-order valence-electron chi connectivity index (χ4n) is 4.20. The summed E-state index contributed by atoms with van der Waals surface area (Å²) in [5.41, 5.74) is 4.29. The second kappa shape index (κ2) is 10.4. The topological polar surface area (TPSA) is 53.1 Å². The smallest absolute Gasteiger partial charge is 0.278 e. The maximum atomic E-state index is 13.4. The predicted octanol–water partition coefficient (Wildman–Crippen LogP) is 4.85. The minimum Gasteiger partial charge on any atom is -0.494 e. The number of likely N-dealkylation sites (N-methyl/N-ethyl adjacent to an activating group) is 1. The maximum Gasteiger partial charge on any atom is 0.278 e. The van der Waals surface area contributed by atoms with Crippen molar-refractivity contribution in [3.8, 4) is 5.75 Å². The molecular weight excluding hydrogens is 489 g/mol. The van der Waals surface area contributed by atoms with E-state index < -0.39 is 10.0 Å². The zero-order valence-electron chi connectivity index (χ0n) is 20.0. The molecule has 0 unspecified atom stereocenters. The Bertz CT molecular complexity index is 1280. The fraction of sp³-hybridized carbons (Fsp3) is 0.308. The van der Waals surface area contributed by atoms with E-state index in [-0.39, 0.29) is 10.7 Å². The molecule has 3 aromatic carbocycles. The summed E-state index contributed by atoms with van der Waals surface area (Å²) >= 11 is 6.46. The van der Waals surface area contributed by atoms with Gasteiger partial charge in [-0.05, 0) is 85.1 Å². The van der Waals surface area contributed by atoms with Crippen molar-refractivity contribution in [1.82, 2.24) is 4.90 Å². The van der Waals surface area contributed by atoms with Crippen LogP contribution in [0.1, 0.15) is 16.7 Å². The zero-order chi connectivity index (χ0) is 25.2. The molecule has 0 saturated carbocycles. The van der Waals surface area contributed by atoms with Crippen LogP contribution >= 0.6 is 11.8 Å². The normalized spacial score (nSPS) is 14.2. The van der Waals surface area contributed by atoms with E-state index in [1.54, 1.807) is 36.4 Å². The summed E-state index contributed by atoms with van der Waals surface area (Å²) in [6.45, 7) is 2.35. The van der Waals surface area contributed by atoms with Gasteiger partial charge < -0.3 is 14.5 Å². The van der Waals surface area contributed by atoms with E-state index in [0.717, 1.165) is 52.1 Å². The number of ether oxygens (including phenoxy) is 1. The quantitative estimate of drug-likeness (QED) is 0.419. The lowest BCUT2D eigenvalue weighted by molar-refractivity contribution is 0.352. The van der Waals surface area contributed by atoms with Gasteiger partial charge in [0, 0.05) is 44.1 Å². The van der Waals surface area contributed by atoms with Gasteiger partial charge in [0.1, 0.15) is 17.3 Å². The van der Waals surface area contributed by atoms with Gasteiger partial charge >= 0.3 is 0 Å². The Labute approximate surface area is 211 Å². The summed E-state index contributed by atoms with van der Waals surface area (Å²) in [4.78, 5) is 4.28. The van der Waals surface area contributed by atoms with Gasteiger partial charge in [0.15, 0.2) is 0 Å². The van der Waals surface area contributed by atoms with E-state index in [0.29, 0.717) is 18.0 Å². The number of hydrogen-bond donors (Lipinski definition) is 0. The molecule has 6 nitrogen and oxygen atoms in total. The number of nitrogens with zero attached hydrogens (tertiary/aromatic N) is 3. The SMILES string of the molecule is COc1cc2c(cc1N(Cl)S(=O)(=O)c1ccc(CN(C)c3ccc(F)cc3)cc1)CCN(C)CC2. The lowest BCUT2D eigenvalue weighted by Crippen LogP contribution is -2.22. The molecule has 0 saturated heterocycles. The van der Waals surface area contributed by atoms with E-state index in [1.165, 1.54) is 19.2 Å². The van der Waals surface area contributed by atoms with Crippen LogP contribution in [0.2, 0.25) is 0 Å². The minimum atomic E-state index is -4.02. The van der Waals surface area contributed by atoms with E-state index >= 15 is 0 Å². The highest BCUT2D eigenvalue weighted by Gasteiger charge is 2.28. The van der Waals surface area contributed by atoms with Gasteiger partial charge in [-0.1, -0.05) is 12.1 Å². The first kappa shape index (κ1) is 25.3. The molecule has 1 aliphatic heterocycles. The first-order valence-corrected chi connectivity index (χ1v) is 13.1. The molecule has 1 heterocycles. The number of anilines is 2. The number of rotatable bonds is 7. The Morgan fingerprint density at radius 3 is 2.20 bits per heavy atom. The Morgan fingerprint density at radius 1 is 1.00 bits per heavy atom. The van der Waals surface area contributed by atoms with Gasteiger partial charge in [0.05, 0.1) is 12.0 Å². The number of benzene rings is 3. The van der Waals surface area contributed by atoms with Crippen LogP contribution in [0.15, 0.2) is 65.6 Å². The van der Waals surface area contributed by atoms with Crippen molar-refractivity contribution in [3.63, 3.8) is 0 Å². The molecule has 3 aromatic rings. The van der Waals surface area contributed by atoms with Crippen molar-refractivity contribution < 1.29 is 17.5 Å². The van der Waals surface area contributed by atoms with Crippen LogP contribution < -0.4 is 13.5 Å². The molecule has 0 amide bonds. The molecule has 0 aromatic heterocycles. The van der Waals surface area contributed by atoms with Crippen LogP contribution in [0.25, 0.3) is 0 Å². The number of sulfonamides is 1. The van der Waals surface area contributed by atoms with Gasteiger partial charge in [-0.3, -0.25) is 0 Å². The summed E-state index contributed by atoms with van der Waals surface area (Å²) in [6.07, 6.45) is 1.68. The van der Waals surface area contributed by atoms with Crippen molar-refractivity contribution in [1.29, 1.82) is 0 Å². The molecule has 0 bridgehead atoms. The third-order valence-electron chi connectivity index (χ3n) is 6.34. The molecule has 0 fully saturated rings. The average Bonchev–Trinajstić information content (AvgIpc) is 3.04. The van der Waals surface area contributed by atoms with Crippen LogP contribution in [0.4, 0.5) is 15.8 Å². The first-order valence-electron chi connectivity index (χ1n) is 11.3. The summed E-state index contributed by atoms with van der Waals surface area (Å²) in [5.74, 6) is 0.130. The van der Waals surface area contributed by atoms with Crippen LogP contribution in [-0.2, 0) is 29.4 Å². The summed E-state index contributed by atoms with van der Waals surface area (Å²) < 4.78 is 46.2. The van der Waals surface area contributed by atoms with Crippen molar-refractivity contribution in [2.75, 3.05) is 43.0 Å². The molecule has 0 radical (unpaired) electrons. The van der Waals surface area contributed by atoms with Crippen LogP contribution in [0.3, 0.4) is 0 Å². The van der Waals surface area contributed by atoms with Crippen molar-refractivity contribution in [2.45, 2.75) is 24.3 Å². The van der Waals surface area contributed by atoms with E-state index in [2.05, 4.69) is 11.9 Å². The third kappa shape index (κ3) is 5.55. The Balaban J connectivity index is 1.56. The van der Waals surface area contributed by atoms with Gasteiger partial charge in [-0.15, -0.1) is 0 Å². The number of methoxy groups -OCH3 is 1. The van der Waals surface area contributed by atoms with Crippen molar-refractivity contribution >= 4 is 33.2 Å². The molecule has 0 spiro atoms. The van der Waals surface area contributed by atoms with Gasteiger partial charge in [0.25, 0.3) is 10.0 Å². The van der Waals surface area contributed by atoms with Gasteiger partial charge in [-0.25, -0.2) is 4.39 Å². The highest BCUT2D eigenvalue weighted by atomic mass is 35.5. The molecule has 0 atom stereocenters. The van der Waals surface area contributed by atoms with Crippen LogP contribution in [0, 0.1) is 5.82 Å². The monoisotopic (exact) mass is 517 g/mol. The molecule has 1 aliphatic rings. The summed E-state index contributed by atoms with van der Waals surface area (Å²) in [6, 6.07) is 16.5. The highest BCUT2D eigenvalue weighted by Crippen LogP contribution is 2.37. The molecule has 0 N–H and O–H groups in total. The first-order chi connectivity index (χ1) is 16.7. The van der Waals surface area contributed by atoms with Crippen LogP contribution in [-0.4, -0.2) is 47.6 Å². The number of fused-ring (bicyclic) bond motifs is 1. The predicted molar refractivity (Wildman–Crippen MR) is 138 cm³/mol. The Kier molecular flexibility index (Phi) is 7.54. The van der Waals surface area contributed by atoms with E-state index in [1.807, 2.05) is 24.1 Å². The van der Waals surface area contributed by atoms with E-state index in [9.17, 15) is 12.8 Å². The number of halogens is 2. The zero-order valence-corrected chi connectivity index (χ0v) is 21.6. The average molecular weight is 518 g/mol. The molecule has 9 heteroatoms. The minimum absolute atomic E-state index is 0.0809. The van der Waals surface area contributed by atoms with Gasteiger partial charge in [-0.2, -0.15) is 12.2 Å². The number of hydrogen-bond acceptors (Lipinski definition) is 5. The molecular formula is C26H29ClFN3O3S. The summed E-state index contributed by atoms with van der Waals surface area (Å²) in [5, 5.41) is 0. The Hall–Kier alpha value is -2.81. The van der Waals surface area contributed by atoms with E-state index in [4.69, 9.17) is 16.5 Å². The lowest BCUT2D eigenvalue weighted by atomic mass is 10.0. The molecule has 0 aliphatic carbocycles. The largest absolute Gasteiger partial charge is 0.494 e. The van der Waals surface area contributed by atoms with Crippen molar-refractivity contribution in [2.24, 2.45) is 0 Å².